The number of aryl methyl sites for hydroxylation is 1. The van der Waals surface area contributed by atoms with Crippen LogP contribution in [0.5, 0.6) is 5.75 Å². The van der Waals surface area contributed by atoms with Crippen LogP contribution in [0.2, 0.25) is 0 Å². The van der Waals surface area contributed by atoms with Gasteiger partial charge in [0.2, 0.25) is 0 Å². The van der Waals surface area contributed by atoms with Crippen LogP contribution in [0.15, 0.2) is 18.2 Å². The molecule has 3 heteroatoms. The predicted octanol–water partition coefficient (Wildman–Crippen LogP) is 2.71. The minimum atomic E-state index is 0. The molecule has 0 bridgehead atoms. The highest BCUT2D eigenvalue weighted by Crippen LogP contribution is 2.31. The first-order valence-electron chi connectivity index (χ1n) is 5.19. The Morgan fingerprint density at radius 1 is 1.40 bits per heavy atom. The van der Waals surface area contributed by atoms with E-state index in [2.05, 4.69) is 23.5 Å². The zero-order valence-electron chi connectivity index (χ0n) is 9.25. The Morgan fingerprint density at radius 2 is 2.20 bits per heavy atom. The number of hydrogen-bond donors (Lipinski definition) is 1. The molecule has 1 atom stereocenters. The molecular formula is C12H18ClNO. The summed E-state index contributed by atoms with van der Waals surface area (Å²) in [6.45, 7) is 0. The molecule has 0 spiro atoms. The normalized spacial score (nSPS) is 18.9. The molecule has 2 rings (SSSR count). The summed E-state index contributed by atoms with van der Waals surface area (Å²) in [5.74, 6) is 0.973. The van der Waals surface area contributed by atoms with E-state index >= 15 is 0 Å². The molecule has 1 N–H and O–H groups in total. The van der Waals surface area contributed by atoms with Crippen LogP contribution >= 0.6 is 12.4 Å². The first-order valence-corrected chi connectivity index (χ1v) is 5.19. The maximum Gasteiger partial charge on any atom is 0.119 e. The third-order valence-corrected chi connectivity index (χ3v) is 3.01. The molecule has 1 aromatic carbocycles. The minimum absolute atomic E-state index is 0. The van der Waals surface area contributed by atoms with Crippen LogP contribution in [0.1, 0.15) is 30.0 Å². The van der Waals surface area contributed by atoms with Crippen LogP contribution in [0.25, 0.3) is 0 Å². The van der Waals surface area contributed by atoms with Crippen molar-refractivity contribution in [2.45, 2.75) is 25.3 Å². The predicted molar refractivity (Wildman–Crippen MR) is 65.0 cm³/mol. The van der Waals surface area contributed by atoms with Gasteiger partial charge in [-0.25, -0.2) is 0 Å². The maximum atomic E-state index is 5.23. The molecule has 1 aromatic rings. The van der Waals surface area contributed by atoms with E-state index in [0.29, 0.717) is 6.04 Å². The van der Waals surface area contributed by atoms with Crippen molar-refractivity contribution in [3.8, 4) is 5.75 Å². The standard InChI is InChI=1S/C12H17NO.ClH/c1-13-12-5-3-4-9-8-10(14-2)6-7-11(9)12;/h6-8,12-13H,3-5H2,1-2H3;1H. The van der Waals surface area contributed by atoms with Crippen LogP contribution in [0.3, 0.4) is 0 Å². The maximum absolute atomic E-state index is 5.23. The third-order valence-electron chi connectivity index (χ3n) is 3.01. The van der Waals surface area contributed by atoms with Gasteiger partial charge in [-0.05, 0) is 49.6 Å². The second kappa shape index (κ2) is 5.38. The zero-order chi connectivity index (χ0) is 9.97. The van der Waals surface area contributed by atoms with Crippen molar-refractivity contribution < 1.29 is 4.74 Å². The van der Waals surface area contributed by atoms with Crippen molar-refractivity contribution in [2.24, 2.45) is 0 Å². The molecule has 1 aliphatic carbocycles. The van der Waals surface area contributed by atoms with Gasteiger partial charge < -0.3 is 10.1 Å². The van der Waals surface area contributed by atoms with Crippen molar-refractivity contribution >= 4 is 12.4 Å². The number of fused-ring (bicyclic) bond motifs is 1. The van der Waals surface area contributed by atoms with Gasteiger partial charge in [0.15, 0.2) is 0 Å². The topological polar surface area (TPSA) is 21.3 Å². The van der Waals surface area contributed by atoms with Crippen molar-refractivity contribution in [2.75, 3.05) is 14.2 Å². The third kappa shape index (κ3) is 2.44. The Bertz CT molecular complexity index is 327. The lowest BCUT2D eigenvalue weighted by atomic mass is 9.88. The molecule has 0 saturated carbocycles. The fourth-order valence-corrected chi connectivity index (χ4v) is 2.22. The SMILES string of the molecule is CNC1CCCc2cc(OC)ccc21.Cl. The first kappa shape index (κ1) is 12.3. The van der Waals surface area contributed by atoms with Crippen LogP contribution in [0.4, 0.5) is 0 Å². The molecule has 15 heavy (non-hydrogen) atoms. The Kier molecular flexibility index (Phi) is 4.43. The summed E-state index contributed by atoms with van der Waals surface area (Å²) in [6, 6.07) is 6.94. The summed E-state index contributed by atoms with van der Waals surface area (Å²) in [4.78, 5) is 0. The molecule has 2 nitrogen and oxygen atoms in total. The average molecular weight is 228 g/mol. The number of ether oxygens (including phenoxy) is 1. The summed E-state index contributed by atoms with van der Waals surface area (Å²) in [5, 5.41) is 3.36. The number of halogens is 1. The van der Waals surface area contributed by atoms with Gasteiger partial charge in [-0.15, -0.1) is 12.4 Å². The average Bonchev–Trinajstić information content (AvgIpc) is 2.27. The molecule has 0 heterocycles. The molecule has 0 aromatic heterocycles. The van der Waals surface area contributed by atoms with Gasteiger partial charge in [0.25, 0.3) is 0 Å². The van der Waals surface area contributed by atoms with E-state index in [0.717, 1.165) is 5.75 Å². The van der Waals surface area contributed by atoms with Gasteiger partial charge in [-0.3, -0.25) is 0 Å². The number of nitrogens with one attached hydrogen (secondary N) is 1. The van der Waals surface area contributed by atoms with E-state index in [1.807, 2.05) is 7.05 Å². The first-order chi connectivity index (χ1) is 6.85. The second-order valence-corrected chi connectivity index (χ2v) is 3.80. The van der Waals surface area contributed by atoms with Gasteiger partial charge in [0.1, 0.15) is 5.75 Å². The highest BCUT2D eigenvalue weighted by Gasteiger charge is 2.18. The summed E-state index contributed by atoms with van der Waals surface area (Å²) in [5.41, 5.74) is 2.88. The number of benzene rings is 1. The Labute approximate surface area is 97.4 Å². The summed E-state index contributed by atoms with van der Waals surface area (Å²) in [6.07, 6.45) is 3.70. The van der Waals surface area contributed by atoms with Crippen molar-refractivity contribution in [3.05, 3.63) is 29.3 Å². The molecule has 0 saturated heterocycles. The van der Waals surface area contributed by atoms with Gasteiger partial charge in [-0.2, -0.15) is 0 Å². The van der Waals surface area contributed by atoms with Crippen molar-refractivity contribution in [1.82, 2.24) is 5.32 Å². The lowest BCUT2D eigenvalue weighted by Gasteiger charge is -2.25. The lowest BCUT2D eigenvalue weighted by Crippen LogP contribution is -2.21. The highest BCUT2D eigenvalue weighted by atomic mass is 35.5. The minimum Gasteiger partial charge on any atom is -0.497 e. The van der Waals surface area contributed by atoms with Gasteiger partial charge >= 0.3 is 0 Å². The molecule has 0 radical (unpaired) electrons. The number of hydrogen-bond acceptors (Lipinski definition) is 2. The summed E-state index contributed by atoms with van der Waals surface area (Å²) < 4.78 is 5.23. The molecule has 0 amide bonds. The summed E-state index contributed by atoms with van der Waals surface area (Å²) in [7, 11) is 3.75. The van der Waals surface area contributed by atoms with Gasteiger partial charge in [0, 0.05) is 6.04 Å². The zero-order valence-corrected chi connectivity index (χ0v) is 10.1. The van der Waals surface area contributed by atoms with Crippen LogP contribution in [-0.2, 0) is 6.42 Å². The molecule has 1 unspecified atom stereocenters. The summed E-state index contributed by atoms with van der Waals surface area (Å²) >= 11 is 0. The van der Waals surface area contributed by atoms with E-state index in [9.17, 15) is 0 Å². The van der Waals surface area contributed by atoms with Gasteiger partial charge in [-0.1, -0.05) is 6.07 Å². The lowest BCUT2D eigenvalue weighted by molar-refractivity contribution is 0.412. The number of methoxy groups -OCH3 is 1. The Hall–Kier alpha value is -0.730. The monoisotopic (exact) mass is 227 g/mol. The van der Waals surface area contributed by atoms with Crippen molar-refractivity contribution in [3.63, 3.8) is 0 Å². The van der Waals surface area contributed by atoms with Crippen molar-refractivity contribution in [1.29, 1.82) is 0 Å². The fourth-order valence-electron chi connectivity index (χ4n) is 2.22. The molecule has 0 fully saturated rings. The van der Waals surface area contributed by atoms with E-state index in [-0.39, 0.29) is 12.4 Å². The largest absolute Gasteiger partial charge is 0.497 e. The molecule has 0 aliphatic heterocycles. The Morgan fingerprint density at radius 3 is 2.87 bits per heavy atom. The Balaban J connectivity index is 0.00000112. The van der Waals surface area contributed by atoms with Gasteiger partial charge in [0.05, 0.1) is 7.11 Å². The van der Waals surface area contributed by atoms with Crippen LogP contribution < -0.4 is 10.1 Å². The number of rotatable bonds is 2. The van der Waals surface area contributed by atoms with Crippen LogP contribution in [-0.4, -0.2) is 14.2 Å². The van der Waals surface area contributed by atoms with E-state index < -0.39 is 0 Å². The highest BCUT2D eigenvalue weighted by molar-refractivity contribution is 5.85. The van der Waals surface area contributed by atoms with Crippen LogP contribution in [0, 0.1) is 0 Å². The fraction of sp³-hybridized carbons (Fsp3) is 0.500. The molecule has 84 valence electrons. The van der Waals surface area contributed by atoms with E-state index in [1.165, 1.54) is 30.4 Å². The quantitative estimate of drug-likeness (QED) is 0.839. The second-order valence-electron chi connectivity index (χ2n) is 3.80. The molecular weight excluding hydrogens is 210 g/mol. The van der Waals surface area contributed by atoms with E-state index in [1.54, 1.807) is 7.11 Å². The smallest absolute Gasteiger partial charge is 0.119 e. The van der Waals surface area contributed by atoms with E-state index in [4.69, 9.17) is 4.74 Å². The molecule has 1 aliphatic rings.